The number of furan rings is 1. The maximum Gasteiger partial charge on any atom is 0.287 e. The molecule has 3 aliphatic carbocycles. The molecular weight excluding hydrogens is 444 g/mol. The molecule has 176 valence electrons. The van der Waals surface area contributed by atoms with Crippen molar-refractivity contribution in [3.8, 4) is 11.5 Å². The van der Waals surface area contributed by atoms with Crippen molar-refractivity contribution in [2.75, 3.05) is 13.1 Å². The summed E-state index contributed by atoms with van der Waals surface area (Å²) < 4.78 is 11.7. The molecular formula is C25H29ClN2O5. The Kier molecular flexibility index (Phi) is 4.61. The molecule has 2 saturated carbocycles. The van der Waals surface area contributed by atoms with Crippen LogP contribution in [0.1, 0.15) is 53.8 Å². The number of ether oxygens (including phenoxy) is 1. The van der Waals surface area contributed by atoms with Gasteiger partial charge in [0.1, 0.15) is 6.10 Å². The number of nitrogens with one attached hydrogen (secondary N) is 1. The molecule has 7 nitrogen and oxygen atoms in total. The Morgan fingerprint density at radius 2 is 2.06 bits per heavy atom. The van der Waals surface area contributed by atoms with Gasteiger partial charge in [0.15, 0.2) is 17.3 Å². The molecule has 5 atom stereocenters. The zero-order valence-corrected chi connectivity index (χ0v) is 19.1. The molecule has 5 aliphatic rings. The largest absolute Gasteiger partial charge is 0.504 e. The molecule has 1 amide bonds. The number of carbonyl (C=O) groups is 1. The van der Waals surface area contributed by atoms with Gasteiger partial charge in [-0.25, -0.2) is 0 Å². The molecule has 3 heterocycles. The summed E-state index contributed by atoms with van der Waals surface area (Å²) in [5.41, 5.74) is 0.569. The van der Waals surface area contributed by atoms with Gasteiger partial charge in [0.05, 0.1) is 23.3 Å². The fourth-order valence-corrected chi connectivity index (χ4v) is 7.28. The third-order valence-corrected chi connectivity index (χ3v) is 8.82. The predicted octanol–water partition coefficient (Wildman–Crippen LogP) is 2.77. The van der Waals surface area contributed by atoms with Crippen LogP contribution >= 0.6 is 12.4 Å². The summed E-state index contributed by atoms with van der Waals surface area (Å²) in [6.45, 7) is 1.95. The third-order valence-electron chi connectivity index (χ3n) is 8.82. The van der Waals surface area contributed by atoms with E-state index in [0.29, 0.717) is 18.6 Å². The van der Waals surface area contributed by atoms with E-state index in [1.165, 1.54) is 19.1 Å². The Labute approximate surface area is 198 Å². The van der Waals surface area contributed by atoms with Gasteiger partial charge in [-0.3, -0.25) is 9.69 Å². The first-order valence-electron chi connectivity index (χ1n) is 11.8. The van der Waals surface area contributed by atoms with Crippen LogP contribution in [0.25, 0.3) is 0 Å². The number of rotatable bonds is 4. The number of nitrogens with zero attached hydrogens (tertiary/aromatic N) is 1. The van der Waals surface area contributed by atoms with Crippen LogP contribution in [0.15, 0.2) is 34.9 Å². The minimum absolute atomic E-state index is 0. The molecule has 2 bridgehead atoms. The number of benzene rings is 1. The number of aromatic hydroxyl groups is 1. The van der Waals surface area contributed by atoms with Gasteiger partial charge in [0, 0.05) is 18.2 Å². The van der Waals surface area contributed by atoms with Crippen LogP contribution in [0.2, 0.25) is 0 Å². The fraction of sp³-hybridized carbons (Fsp3) is 0.560. The molecule has 0 radical (unpaired) electrons. The van der Waals surface area contributed by atoms with Crippen LogP contribution in [0.3, 0.4) is 0 Å². The van der Waals surface area contributed by atoms with Crippen LogP contribution in [0.5, 0.6) is 11.5 Å². The summed E-state index contributed by atoms with van der Waals surface area (Å²) >= 11 is 0. The lowest BCUT2D eigenvalue weighted by molar-refractivity contribution is -0.191. The van der Waals surface area contributed by atoms with E-state index in [9.17, 15) is 15.0 Å². The number of likely N-dealkylation sites (tertiary alicyclic amines) is 1. The molecule has 2 aliphatic heterocycles. The molecule has 8 heteroatoms. The first kappa shape index (κ1) is 21.3. The predicted molar refractivity (Wildman–Crippen MR) is 122 cm³/mol. The third kappa shape index (κ3) is 2.73. The first-order valence-corrected chi connectivity index (χ1v) is 11.8. The van der Waals surface area contributed by atoms with Crippen LogP contribution in [-0.4, -0.2) is 57.9 Å². The molecule has 3 N–H and O–H groups in total. The normalized spacial score (nSPS) is 35.8. The van der Waals surface area contributed by atoms with Gasteiger partial charge in [-0.1, -0.05) is 6.07 Å². The van der Waals surface area contributed by atoms with E-state index in [1.807, 2.05) is 6.07 Å². The van der Waals surface area contributed by atoms with Crippen molar-refractivity contribution in [3.05, 3.63) is 47.4 Å². The number of amides is 1. The summed E-state index contributed by atoms with van der Waals surface area (Å²) in [4.78, 5) is 15.3. The van der Waals surface area contributed by atoms with Crippen LogP contribution in [0.4, 0.5) is 0 Å². The van der Waals surface area contributed by atoms with Crippen molar-refractivity contribution in [2.45, 2.75) is 67.7 Å². The first-order chi connectivity index (χ1) is 15.5. The molecule has 0 unspecified atom stereocenters. The second-order valence-corrected chi connectivity index (χ2v) is 10.4. The number of hydrogen-bond acceptors (Lipinski definition) is 6. The van der Waals surface area contributed by atoms with Crippen molar-refractivity contribution in [1.82, 2.24) is 10.2 Å². The average Bonchev–Trinajstić information content (AvgIpc) is 3.27. The SMILES string of the molecule is Cl.O=C(N[C@@H]1CC[C@@]2(O)[C@H]3Cc4ccc(O)c5c4[C@@]2(CCN3CC2CC2)[C@H]1O5)c1ccco1. The molecule has 7 rings (SSSR count). The summed E-state index contributed by atoms with van der Waals surface area (Å²) in [6.07, 6.45) is 6.38. The van der Waals surface area contributed by atoms with Gasteiger partial charge in [-0.15, -0.1) is 12.4 Å². The average molecular weight is 473 g/mol. The van der Waals surface area contributed by atoms with Crippen LogP contribution in [0, 0.1) is 5.92 Å². The quantitative estimate of drug-likeness (QED) is 0.633. The summed E-state index contributed by atoms with van der Waals surface area (Å²) in [7, 11) is 0. The second kappa shape index (κ2) is 7.14. The van der Waals surface area contributed by atoms with Crippen molar-refractivity contribution in [2.24, 2.45) is 5.92 Å². The number of halogens is 1. The van der Waals surface area contributed by atoms with E-state index >= 15 is 0 Å². The van der Waals surface area contributed by atoms with Crippen LogP contribution in [-0.2, 0) is 11.8 Å². The monoisotopic (exact) mass is 472 g/mol. The molecule has 1 saturated heterocycles. The minimum atomic E-state index is -0.942. The van der Waals surface area contributed by atoms with E-state index in [0.717, 1.165) is 43.0 Å². The number of aliphatic hydroxyl groups is 1. The van der Waals surface area contributed by atoms with Crippen molar-refractivity contribution in [3.63, 3.8) is 0 Å². The fourth-order valence-electron chi connectivity index (χ4n) is 7.28. The highest BCUT2D eigenvalue weighted by Gasteiger charge is 2.73. The topological polar surface area (TPSA) is 95.2 Å². The lowest BCUT2D eigenvalue weighted by Gasteiger charge is -2.64. The van der Waals surface area contributed by atoms with Crippen molar-refractivity contribution < 1.29 is 24.2 Å². The van der Waals surface area contributed by atoms with Gasteiger partial charge in [0.25, 0.3) is 5.91 Å². The van der Waals surface area contributed by atoms with Gasteiger partial charge >= 0.3 is 0 Å². The maximum absolute atomic E-state index is 12.8. The zero-order valence-electron chi connectivity index (χ0n) is 18.3. The Balaban J connectivity index is 0.00000206. The Morgan fingerprint density at radius 3 is 2.82 bits per heavy atom. The summed E-state index contributed by atoms with van der Waals surface area (Å²) in [5.74, 6) is 1.36. The molecule has 2 aromatic rings. The lowest BCUT2D eigenvalue weighted by Crippen LogP contribution is -2.78. The van der Waals surface area contributed by atoms with E-state index in [-0.39, 0.29) is 41.9 Å². The minimum Gasteiger partial charge on any atom is -0.504 e. The lowest BCUT2D eigenvalue weighted by atomic mass is 9.48. The number of phenols is 1. The van der Waals surface area contributed by atoms with Gasteiger partial charge in [0.2, 0.25) is 0 Å². The van der Waals surface area contributed by atoms with E-state index in [2.05, 4.69) is 10.2 Å². The van der Waals surface area contributed by atoms with Gasteiger partial charge in [-0.2, -0.15) is 0 Å². The molecule has 1 spiro atoms. The zero-order chi connectivity index (χ0) is 21.7. The molecule has 33 heavy (non-hydrogen) atoms. The van der Waals surface area contributed by atoms with Crippen molar-refractivity contribution in [1.29, 1.82) is 0 Å². The number of carbonyl (C=O) groups excluding carboxylic acids is 1. The summed E-state index contributed by atoms with van der Waals surface area (Å²) in [5, 5.41) is 26.2. The van der Waals surface area contributed by atoms with E-state index < -0.39 is 17.1 Å². The Hall–Kier alpha value is -2.22. The number of hydrogen-bond donors (Lipinski definition) is 3. The Morgan fingerprint density at radius 1 is 1.21 bits per heavy atom. The molecule has 3 fully saturated rings. The van der Waals surface area contributed by atoms with Crippen molar-refractivity contribution >= 4 is 18.3 Å². The maximum atomic E-state index is 12.8. The second-order valence-electron chi connectivity index (χ2n) is 10.4. The van der Waals surface area contributed by atoms with E-state index in [1.54, 1.807) is 18.2 Å². The highest BCUT2D eigenvalue weighted by molar-refractivity contribution is 5.91. The van der Waals surface area contributed by atoms with Gasteiger partial charge < -0.3 is 24.7 Å². The number of phenolic OH excluding ortho intramolecular Hbond substituents is 1. The highest BCUT2D eigenvalue weighted by atomic mass is 35.5. The highest BCUT2D eigenvalue weighted by Crippen LogP contribution is 2.65. The smallest absolute Gasteiger partial charge is 0.287 e. The van der Waals surface area contributed by atoms with Crippen LogP contribution < -0.4 is 10.1 Å². The number of piperidine rings is 1. The standard InChI is InChI=1S/C25H28N2O5.ClH/c28-17-6-5-15-12-19-25(30)8-7-16(26-23(29)18-2-1-11-31-18)22-24(25,20(15)21(17)32-22)9-10-27(19)13-14-3-4-14;/h1-2,5-6,11,14,16,19,22,28,30H,3-4,7-10,12-13H2,(H,26,29);1H/t16-,19-,22+,24+,25-;/m1./s1. The van der Waals surface area contributed by atoms with Gasteiger partial charge in [-0.05, 0) is 74.8 Å². The Bertz CT molecular complexity index is 1100. The molecule has 1 aromatic carbocycles. The molecule has 1 aromatic heterocycles. The summed E-state index contributed by atoms with van der Waals surface area (Å²) in [6, 6.07) is 6.81. The van der Waals surface area contributed by atoms with E-state index in [4.69, 9.17) is 9.15 Å².